The van der Waals surface area contributed by atoms with E-state index in [1.54, 1.807) is 0 Å². The van der Waals surface area contributed by atoms with E-state index in [-0.39, 0.29) is 5.25 Å². The van der Waals surface area contributed by atoms with Crippen LogP contribution in [0.15, 0.2) is 0 Å². The Bertz CT molecular complexity index is 314. The molecule has 4 heteroatoms. The summed E-state index contributed by atoms with van der Waals surface area (Å²) >= 11 is 0. The number of hydrogen-bond acceptors (Lipinski definition) is 3. The molecule has 2 atom stereocenters. The SMILES string of the molecule is CCCCCS(=O)(=O)C1CCCC(NCCC)C1. The lowest BCUT2D eigenvalue weighted by atomic mass is 9.95. The van der Waals surface area contributed by atoms with E-state index < -0.39 is 9.84 Å². The maximum absolute atomic E-state index is 12.3. The van der Waals surface area contributed by atoms with E-state index in [9.17, 15) is 8.42 Å². The molecule has 1 N–H and O–H groups in total. The van der Waals surface area contributed by atoms with Crippen molar-refractivity contribution in [1.29, 1.82) is 0 Å². The third-order valence-corrected chi connectivity index (χ3v) is 6.15. The molecule has 0 amide bonds. The molecule has 0 heterocycles. The Morgan fingerprint density at radius 2 is 1.89 bits per heavy atom. The van der Waals surface area contributed by atoms with Crippen LogP contribution < -0.4 is 5.32 Å². The van der Waals surface area contributed by atoms with Gasteiger partial charge >= 0.3 is 0 Å². The van der Waals surface area contributed by atoms with Crippen LogP contribution in [0.25, 0.3) is 0 Å². The first-order chi connectivity index (χ1) is 8.60. The summed E-state index contributed by atoms with van der Waals surface area (Å²) in [6, 6.07) is 0.421. The van der Waals surface area contributed by atoms with Crippen molar-refractivity contribution in [1.82, 2.24) is 5.32 Å². The lowest BCUT2D eigenvalue weighted by molar-refractivity contribution is 0.372. The van der Waals surface area contributed by atoms with E-state index in [0.29, 0.717) is 11.8 Å². The standard InChI is InChI=1S/C14H29NO2S/c1-3-5-6-11-18(16,17)14-9-7-8-13(12-14)15-10-4-2/h13-15H,3-12H2,1-2H3. The maximum atomic E-state index is 12.3. The van der Waals surface area contributed by atoms with Crippen molar-refractivity contribution in [2.75, 3.05) is 12.3 Å². The van der Waals surface area contributed by atoms with Gasteiger partial charge in [-0.25, -0.2) is 8.42 Å². The first kappa shape index (κ1) is 16.0. The number of hydrogen-bond donors (Lipinski definition) is 1. The fourth-order valence-corrected chi connectivity index (χ4v) is 4.72. The van der Waals surface area contributed by atoms with Crippen LogP contribution in [0.4, 0.5) is 0 Å². The molecular weight excluding hydrogens is 246 g/mol. The van der Waals surface area contributed by atoms with Crippen molar-refractivity contribution < 1.29 is 8.42 Å². The largest absolute Gasteiger partial charge is 0.314 e. The van der Waals surface area contributed by atoms with Crippen LogP contribution in [0.1, 0.15) is 65.2 Å². The first-order valence-electron chi connectivity index (χ1n) is 7.55. The van der Waals surface area contributed by atoms with Gasteiger partial charge in [0.15, 0.2) is 9.84 Å². The fraction of sp³-hybridized carbons (Fsp3) is 1.00. The Morgan fingerprint density at radius 1 is 1.11 bits per heavy atom. The fourth-order valence-electron chi connectivity index (χ4n) is 2.72. The van der Waals surface area contributed by atoms with Crippen LogP contribution in [-0.4, -0.2) is 32.0 Å². The van der Waals surface area contributed by atoms with Crippen LogP contribution in [0.3, 0.4) is 0 Å². The highest BCUT2D eigenvalue weighted by atomic mass is 32.2. The van der Waals surface area contributed by atoms with Gasteiger partial charge in [-0.2, -0.15) is 0 Å². The Labute approximate surface area is 113 Å². The molecule has 0 bridgehead atoms. The van der Waals surface area contributed by atoms with Gasteiger partial charge in [0.2, 0.25) is 0 Å². The average molecular weight is 275 g/mol. The van der Waals surface area contributed by atoms with Gasteiger partial charge in [0, 0.05) is 6.04 Å². The second-order valence-electron chi connectivity index (χ2n) is 5.51. The zero-order valence-electron chi connectivity index (χ0n) is 12.0. The summed E-state index contributed by atoms with van der Waals surface area (Å²) in [6.45, 7) is 5.26. The van der Waals surface area contributed by atoms with E-state index >= 15 is 0 Å². The summed E-state index contributed by atoms with van der Waals surface area (Å²) in [7, 11) is -2.85. The third kappa shape index (κ3) is 5.27. The monoisotopic (exact) mass is 275 g/mol. The van der Waals surface area contributed by atoms with E-state index in [4.69, 9.17) is 0 Å². The molecule has 2 unspecified atom stereocenters. The molecule has 18 heavy (non-hydrogen) atoms. The van der Waals surface area contributed by atoms with Crippen molar-refractivity contribution in [2.45, 2.75) is 76.5 Å². The number of unbranched alkanes of at least 4 members (excludes halogenated alkanes) is 2. The van der Waals surface area contributed by atoms with Gasteiger partial charge in [0.1, 0.15) is 0 Å². The average Bonchev–Trinajstić information content (AvgIpc) is 2.37. The third-order valence-electron chi connectivity index (χ3n) is 3.85. The predicted molar refractivity (Wildman–Crippen MR) is 77.6 cm³/mol. The number of nitrogens with one attached hydrogen (secondary N) is 1. The summed E-state index contributed by atoms with van der Waals surface area (Å²) in [5.74, 6) is 0.395. The first-order valence-corrected chi connectivity index (χ1v) is 9.26. The van der Waals surface area contributed by atoms with Crippen molar-refractivity contribution in [2.24, 2.45) is 0 Å². The Morgan fingerprint density at radius 3 is 2.56 bits per heavy atom. The van der Waals surface area contributed by atoms with Crippen molar-refractivity contribution in [3.05, 3.63) is 0 Å². The van der Waals surface area contributed by atoms with E-state index in [2.05, 4.69) is 19.2 Å². The highest BCUT2D eigenvalue weighted by Crippen LogP contribution is 2.25. The molecule has 1 fully saturated rings. The van der Waals surface area contributed by atoms with Gasteiger partial charge < -0.3 is 5.32 Å². The Hall–Kier alpha value is -0.0900. The van der Waals surface area contributed by atoms with Crippen LogP contribution in [0.5, 0.6) is 0 Å². The van der Waals surface area contributed by atoms with Gasteiger partial charge in [0.25, 0.3) is 0 Å². The molecule has 0 spiro atoms. The minimum atomic E-state index is -2.85. The van der Waals surface area contributed by atoms with Crippen LogP contribution in [0, 0.1) is 0 Å². The molecule has 0 radical (unpaired) electrons. The molecule has 0 aromatic carbocycles. The molecule has 0 aromatic rings. The summed E-state index contributed by atoms with van der Waals surface area (Å²) in [5, 5.41) is 3.39. The van der Waals surface area contributed by atoms with Crippen molar-refractivity contribution >= 4 is 9.84 Å². The normalized spacial score (nSPS) is 25.2. The lowest BCUT2D eigenvalue weighted by Crippen LogP contribution is -2.40. The molecule has 1 aliphatic carbocycles. The van der Waals surface area contributed by atoms with E-state index in [1.165, 1.54) is 0 Å². The molecule has 1 rings (SSSR count). The Balaban J connectivity index is 2.43. The zero-order valence-corrected chi connectivity index (χ0v) is 12.8. The van der Waals surface area contributed by atoms with Crippen molar-refractivity contribution in [3.8, 4) is 0 Å². The van der Waals surface area contributed by atoms with Crippen LogP contribution >= 0.6 is 0 Å². The summed E-state index contributed by atoms with van der Waals surface area (Å²) in [6.07, 6.45) is 7.96. The second kappa shape index (κ2) is 8.16. The summed E-state index contributed by atoms with van der Waals surface area (Å²) < 4.78 is 24.5. The van der Waals surface area contributed by atoms with Gasteiger partial charge in [-0.1, -0.05) is 33.1 Å². The zero-order chi connectivity index (χ0) is 13.4. The summed E-state index contributed by atoms with van der Waals surface area (Å²) in [4.78, 5) is 0. The quantitative estimate of drug-likeness (QED) is 0.693. The van der Waals surface area contributed by atoms with Crippen LogP contribution in [0.2, 0.25) is 0 Å². The van der Waals surface area contributed by atoms with Gasteiger partial charge in [-0.05, 0) is 38.6 Å². The molecule has 1 saturated carbocycles. The predicted octanol–water partition coefficient (Wildman–Crippen LogP) is 2.90. The van der Waals surface area contributed by atoms with E-state index in [0.717, 1.165) is 57.9 Å². The maximum Gasteiger partial charge on any atom is 0.153 e. The van der Waals surface area contributed by atoms with Gasteiger partial charge in [-0.3, -0.25) is 0 Å². The second-order valence-corrected chi connectivity index (χ2v) is 7.91. The van der Waals surface area contributed by atoms with E-state index in [1.807, 2.05) is 0 Å². The highest BCUT2D eigenvalue weighted by Gasteiger charge is 2.30. The number of rotatable bonds is 8. The van der Waals surface area contributed by atoms with Crippen LogP contribution in [-0.2, 0) is 9.84 Å². The minimum absolute atomic E-state index is 0.0857. The molecule has 108 valence electrons. The summed E-state index contributed by atoms with van der Waals surface area (Å²) in [5.41, 5.74) is 0. The highest BCUT2D eigenvalue weighted by molar-refractivity contribution is 7.92. The molecule has 0 saturated heterocycles. The topological polar surface area (TPSA) is 46.2 Å². The lowest BCUT2D eigenvalue weighted by Gasteiger charge is -2.29. The molecule has 0 aromatic heterocycles. The smallest absolute Gasteiger partial charge is 0.153 e. The molecule has 1 aliphatic rings. The minimum Gasteiger partial charge on any atom is -0.314 e. The van der Waals surface area contributed by atoms with Crippen molar-refractivity contribution in [3.63, 3.8) is 0 Å². The molecular formula is C14H29NO2S. The molecule has 0 aliphatic heterocycles. The van der Waals surface area contributed by atoms with Gasteiger partial charge in [-0.15, -0.1) is 0 Å². The Kier molecular flexibility index (Phi) is 7.23. The van der Waals surface area contributed by atoms with Gasteiger partial charge in [0.05, 0.1) is 11.0 Å². The number of sulfone groups is 1. The molecule has 3 nitrogen and oxygen atoms in total.